The van der Waals surface area contributed by atoms with Gasteiger partial charge in [-0.3, -0.25) is 9.59 Å². The first-order valence-electron chi connectivity index (χ1n) is 9.06. The lowest BCUT2D eigenvalue weighted by Gasteiger charge is -2.09. The summed E-state index contributed by atoms with van der Waals surface area (Å²) in [7, 11) is 0. The maximum absolute atomic E-state index is 11.7. The van der Waals surface area contributed by atoms with E-state index in [1.807, 2.05) is 6.92 Å². The third-order valence-corrected chi connectivity index (χ3v) is 4.03. The number of hydrogen-bond donors (Lipinski definition) is 2. The Morgan fingerprint density at radius 1 is 1.14 bits per heavy atom. The highest BCUT2D eigenvalue weighted by atomic mass is 16.5. The van der Waals surface area contributed by atoms with E-state index >= 15 is 0 Å². The maximum atomic E-state index is 11.7. The van der Waals surface area contributed by atoms with Crippen molar-refractivity contribution in [3.05, 3.63) is 65.2 Å². The Kier molecular flexibility index (Phi) is 7.90. The van der Waals surface area contributed by atoms with Crippen LogP contribution in [0.4, 0.5) is 0 Å². The molecule has 0 bridgehead atoms. The van der Waals surface area contributed by atoms with E-state index in [0.29, 0.717) is 11.3 Å². The quantitative estimate of drug-likeness (QED) is 0.392. The lowest BCUT2D eigenvalue weighted by Crippen LogP contribution is -2.41. The van der Waals surface area contributed by atoms with Crippen LogP contribution in [0.1, 0.15) is 41.8 Å². The van der Waals surface area contributed by atoms with E-state index in [4.69, 9.17) is 4.74 Å². The molecule has 152 valence electrons. The van der Waals surface area contributed by atoms with E-state index in [1.165, 1.54) is 18.3 Å². The molecule has 2 rings (SSSR count). The summed E-state index contributed by atoms with van der Waals surface area (Å²) < 4.78 is 5.68. The van der Waals surface area contributed by atoms with Crippen LogP contribution in [0.3, 0.4) is 0 Å². The van der Waals surface area contributed by atoms with Crippen molar-refractivity contribution in [1.29, 1.82) is 0 Å². The SMILES string of the molecule is CC[C@@H](C)NC(=O)C(=O)N/N=C\c1cccc(OCc2ccc(C(=O)[O-])cc2)c1. The second-order valence-electron chi connectivity index (χ2n) is 6.33. The first-order valence-corrected chi connectivity index (χ1v) is 9.06. The van der Waals surface area contributed by atoms with Gasteiger partial charge in [0, 0.05) is 6.04 Å². The van der Waals surface area contributed by atoms with Crippen LogP contribution >= 0.6 is 0 Å². The number of ether oxygens (including phenoxy) is 1. The number of rotatable bonds is 8. The zero-order valence-electron chi connectivity index (χ0n) is 16.2. The smallest absolute Gasteiger partial charge is 0.329 e. The Morgan fingerprint density at radius 2 is 1.86 bits per heavy atom. The van der Waals surface area contributed by atoms with E-state index in [1.54, 1.807) is 43.3 Å². The number of hydrazone groups is 1. The van der Waals surface area contributed by atoms with E-state index < -0.39 is 17.8 Å². The van der Waals surface area contributed by atoms with Gasteiger partial charge in [-0.05, 0) is 42.2 Å². The van der Waals surface area contributed by atoms with Crippen LogP contribution < -0.4 is 20.6 Å². The fourth-order valence-electron chi connectivity index (χ4n) is 2.20. The van der Waals surface area contributed by atoms with Crippen LogP contribution in [-0.2, 0) is 16.2 Å². The number of carbonyl (C=O) groups is 3. The minimum Gasteiger partial charge on any atom is -0.545 e. The van der Waals surface area contributed by atoms with Crippen LogP contribution in [0.25, 0.3) is 0 Å². The molecule has 0 aliphatic carbocycles. The van der Waals surface area contributed by atoms with Crippen molar-refractivity contribution >= 4 is 24.0 Å². The number of carboxylic acids is 1. The molecule has 8 nitrogen and oxygen atoms in total. The number of nitrogens with zero attached hydrogens (tertiary/aromatic N) is 1. The van der Waals surface area contributed by atoms with Gasteiger partial charge in [0.2, 0.25) is 0 Å². The zero-order valence-corrected chi connectivity index (χ0v) is 16.2. The number of carbonyl (C=O) groups excluding carboxylic acids is 3. The van der Waals surface area contributed by atoms with E-state index in [0.717, 1.165) is 12.0 Å². The molecule has 0 aromatic heterocycles. The Bertz CT molecular complexity index is 893. The van der Waals surface area contributed by atoms with Gasteiger partial charge in [-0.15, -0.1) is 0 Å². The second kappa shape index (κ2) is 10.6. The molecule has 0 unspecified atom stereocenters. The van der Waals surface area contributed by atoms with E-state index in [9.17, 15) is 19.5 Å². The Hall–Kier alpha value is -3.68. The summed E-state index contributed by atoms with van der Waals surface area (Å²) in [6.07, 6.45) is 2.12. The highest BCUT2D eigenvalue weighted by Gasteiger charge is 2.14. The van der Waals surface area contributed by atoms with Crippen molar-refractivity contribution in [3.8, 4) is 5.75 Å². The molecule has 8 heteroatoms. The van der Waals surface area contributed by atoms with E-state index in [-0.39, 0.29) is 18.2 Å². The van der Waals surface area contributed by atoms with Crippen LogP contribution in [0, 0.1) is 0 Å². The molecular formula is C21H22N3O5-. The number of benzene rings is 2. The van der Waals surface area contributed by atoms with Crippen molar-refractivity contribution in [3.63, 3.8) is 0 Å². The topological polar surface area (TPSA) is 120 Å². The second-order valence-corrected chi connectivity index (χ2v) is 6.33. The van der Waals surface area contributed by atoms with Gasteiger partial charge in [-0.2, -0.15) is 5.10 Å². The molecule has 0 radical (unpaired) electrons. The average molecular weight is 396 g/mol. The molecule has 29 heavy (non-hydrogen) atoms. The van der Waals surface area contributed by atoms with Gasteiger partial charge in [0.05, 0.1) is 12.2 Å². The fourth-order valence-corrected chi connectivity index (χ4v) is 2.20. The number of hydrogen-bond acceptors (Lipinski definition) is 6. The minimum absolute atomic E-state index is 0.0944. The molecule has 0 saturated heterocycles. The normalized spacial score (nSPS) is 11.7. The zero-order chi connectivity index (χ0) is 21.2. The number of nitrogens with one attached hydrogen (secondary N) is 2. The molecule has 0 fully saturated rings. The summed E-state index contributed by atoms with van der Waals surface area (Å²) in [6.45, 7) is 3.96. The number of carboxylic acid groups (broad SMARTS) is 1. The van der Waals surface area contributed by atoms with Gasteiger partial charge in [0.1, 0.15) is 12.4 Å². The average Bonchev–Trinajstić information content (AvgIpc) is 2.72. The van der Waals surface area contributed by atoms with Gasteiger partial charge in [-0.25, -0.2) is 5.43 Å². The molecule has 0 heterocycles. The van der Waals surface area contributed by atoms with Gasteiger partial charge in [0.25, 0.3) is 0 Å². The molecule has 0 saturated carbocycles. The summed E-state index contributed by atoms with van der Waals surface area (Å²) in [5.74, 6) is -2.24. The van der Waals surface area contributed by atoms with Crippen LogP contribution in [0.15, 0.2) is 53.6 Å². The number of amides is 2. The van der Waals surface area contributed by atoms with Gasteiger partial charge in [-0.1, -0.05) is 43.3 Å². The molecule has 2 aromatic carbocycles. The lowest BCUT2D eigenvalue weighted by molar-refractivity contribution is -0.255. The van der Waals surface area contributed by atoms with Crippen molar-refractivity contribution in [2.75, 3.05) is 0 Å². The first-order chi connectivity index (χ1) is 13.9. The predicted molar refractivity (Wildman–Crippen MR) is 105 cm³/mol. The number of aromatic carboxylic acids is 1. The fraction of sp³-hybridized carbons (Fsp3) is 0.238. The van der Waals surface area contributed by atoms with Gasteiger partial charge < -0.3 is 20.0 Å². The summed E-state index contributed by atoms with van der Waals surface area (Å²) >= 11 is 0. The third-order valence-electron chi connectivity index (χ3n) is 4.03. The molecular weight excluding hydrogens is 374 g/mol. The molecule has 0 spiro atoms. The summed E-state index contributed by atoms with van der Waals surface area (Å²) in [4.78, 5) is 34.1. The largest absolute Gasteiger partial charge is 0.545 e. The van der Waals surface area contributed by atoms with Crippen LogP contribution in [-0.4, -0.2) is 30.0 Å². The third kappa shape index (κ3) is 7.10. The Morgan fingerprint density at radius 3 is 2.52 bits per heavy atom. The molecule has 2 amide bonds. The molecule has 1 atom stereocenters. The van der Waals surface area contributed by atoms with Crippen LogP contribution in [0.5, 0.6) is 5.75 Å². The summed E-state index contributed by atoms with van der Waals surface area (Å²) in [5.41, 5.74) is 3.74. The molecule has 0 aliphatic rings. The van der Waals surface area contributed by atoms with Crippen LogP contribution in [0.2, 0.25) is 0 Å². The highest BCUT2D eigenvalue weighted by Crippen LogP contribution is 2.14. The monoisotopic (exact) mass is 396 g/mol. The van der Waals surface area contributed by atoms with Crippen molar-refractivity contribution in [2.24, 2.45) is 5.10 Å². The summed E-state index contributed by atoms with van der Waals surface area (Å²) in [5, 5.41) is 17.1. The maximum Gasteiger partial charge on any atom is 0.329 e. The van der Waals surface area contributed by atoms with Gasteiger partial charge >= 0.3 is 11.8 Å². The predicted octanol–water partition coefficient (Wildman–Crippen LogP) is 0.994. The highest BCUT2D eigenvalue weighted by molar-refractivity contribution is 6.35. The lowest BCUT2D eigenvalue weighted by atomic mass is 10.1. The van der Waals surface area contributed by atoms with E-state index in [2.05, 4.69) is 15.8 Å². The summed E-state index contributed by atoms with van der Waals surface area (Å²) in [6, 6.07) is 13.1. The van der Waals surface area contributed by atoms with Crippen molar-refractivity contribution in [1.82, 2.24) is 10.7 Å². The minimum atomic E-state index is -1.23. The standard InChI is InChI=1S/C21H23N3O5/c1-3-14(2)23-19(25)20(26)24-22-12-16-5-4-6-18(11-16)29-13-15-7-9-17(10-8-15)21(27)28/h4-12,14H,3,13H2,1-2H3,(H,23,25)(H,24,26)(H,27,28)/p-1/b22-12-/t14-/m1/s1. The Labute approximate surface area is 168 Å². The Balaban J connectivity index is 1.88. The molecule has 2 N–H and O–H groups in total. The van der Waals surface area contributed by atoms with Crippen molar-refractivity contribution < 1.29 is 24.2 Å². The molecule has 2 aromatic rings. The molecule has 0 aliphatic heterocycles. The van der Waals surface area contributed by atoms with Gasteiger partial charge in [0.15, 0.2) is 0 Å². The first kappa shape index (κ1) is 21.6. The van der Waals surface area contributed by atoms with Crippen molar-refractivity contribution in [2.45, 2.75) is 32.9 Å².